The first-order chi connectivity index (χ1) is 27.0. The van der Waals surface area contributed by atoms with Gasteiger partial charge in [0.05, 0.1) is 0 Å². The van der Waals surface area contributed by atoms with E-state index in [9.17, 15) is 34.3 Å². The smallest absolute Gasteiger partial charge is 0.475 e. The number of rotatable bonds is 21. The largest absolute Gasteiger partial charge is 0.508 e. The van der Waals surface area contributed by atoms with Crippen LogP contribution in [0.1, 0.15) is 74.5 Å². The van der Waals surface area contributed by atoms with Gasteiger partial charge in [0.1, 0.15) is 35.6 Å². The van der Waals surface area contributed by atoms with Crippen LogP contribution in [-0.4, -0.2) is 105 Å². The van der Waals surface area contributed by atoms with Crippen LogP contribution in [0, 0.1) is 0 Å². The molecule has 3 amide bonds. The average Bonchev–Trinajstić information content (AvgIpc) is 3.11. The summed E-state index contributed by atoms with van der Waals surface area (Å²) in [5, 5.41) is 29.0. The number of unbranched alkanes of at least 4 members (excludes halogenated alkanes) is 3. The molecule has 0 saturated carbocycles. The Labute approximate surface area is 328 Å². The lowest BCUT2D eigenvalue weighted by atomic mass is 10.1. The highest BCUT2D eigenvalue weighted by atomic mass is 31.2. The molecule has 3 aliphatic rings. The van der Waals surface area contributed by atoms with Crippen molar-refractivity contribution in [2.24, 2.45) is 0 Å². The Bertz CT molecular complexity index is 1630. The molecule has 0 aliphatic carbocycles. The van der Waals surface area contributed by atoms with Gasteiger partial charge in [-0.3, -0.25) is 28.0 Å². The van der Waals surface area contributed by atoms with E-state index < -0.39 is 26.1 Å². The lowest BCUT2D eigenvalue weighted by Gasteiger charge is -2.45. The van der Waals surface area contributed by atoms with Crippen molar-refractivity contribution >= 4 is 25.5 Å². The fraction of sp³-hybridized carbons (Fsp3) is 0.500. The summed E-state index contributed by atoms with van der Waals surface area (Å²) < 4.78 is 32.0. The third kappa shape index (κ3) is 12.3. The van der Waals surface area contributed by atoms with Crippen molar-refractivity contribution in [1.82, 2.24) is 14.7 Å². The van der Waals surface area contributed by atoms with Gasteiger partial charge < -0.3 is 30.0 Å². The normalized spacial score (nSPS) is 16.3. The number of phosphoric ester groups is 1. The van der Waals surface area contributed by atoms with E-state index in [1.807, 2.05) is 18.2 Å². The van der Waals surface area contributed by atoms with Crippen LogP contribution in [0.3, 0.4) is 0 Å². The van der Waals surface area contributed by atoms with Gasteiger partial charge >= 0.3 is 7.82 Å². The number of phenolic OH excluding ortho intramolecular Hbond substituents is 3. The van der Waals surface area contributed by atoms with Gasteiger partial charge in [-0.05, 0) is 111 Å². The Kier molecular flexibility index (Phi) is 14.5. The molecule has 3 aromatic rings. The summed E-state index contributed by atoms with van der Waals surface area (Å²) >= 11 is 0. The number of carbonyl (C=O) groups excluding carboxylic acids is 3. The van der Waals surface area contributed by atoms with Gasteiger partial charge in [-0.15, -0.1) is 0 Å². The van der Waals surface area contributed by atoms with Gasteiger partial charge in [-0.1, -0.05) is 36.4 Å². The predicted octanol–water partition coefficient (Wildman–Crippen LogP) is 6.13. The molecule has 0 spiro atoms. The maximum atomic E-state index is 14.1. The number of aryl methyl sites for hydroxylation is 3. The van der Waals surface area contributed by atoms with E-state index in [4.69, 9.17) is 13.6 Å². The van der Waals surface area contributed by atoms with Gasteiger partial charge in [0.2, 0.25) is 17.7 Å². The van der Waals surface area contributed by atoms with E-state index in [1.165, 1.54) is 0 Å². The van der Waals surface area contributed by atoms with E-state index in [2.05, 4.69) is 0 Å². The van der Waals surface area contributed by atoms with Crippen molar-refractivity contribution < 1.29 is 47.8 Å². The topological polar surface area (TPSA) is 166 Å². The summed E-state index contributed by atoms with van der Waals surface area (Å²) in [6.07, 6.45) is 6.32. The average molecular weight is 792 g/mol. The van der Waals surface area contributed by atoms with E-state index in [1.54, 1.807) is 69.3 Å². The Hall–Kier alpha value is -4.42. The number of hydrogen-bond acceptors (Lipinski definition) is 10. The molecule has 3 aromatic carbocycles. The second kappa shape index (κ2) is 19.6. The van der Waals surface area contributed by atoms with Crippen LogP contribution in [-0.2, 0) is 51.8 Å². The lowest BCUT2D eigenvalue weighted by molar-refractivity contribution is -0.147. The first-order valence-electron chi connectivity index (χ1n) is 19.8. The highest BCUT2D eigenvalue weighted by Crippen LogP contribution is 2.55. The van der Waals surface area contributed by atoms with Crippen molar-refractivity contribution in [2.45, 2.75) is 95.4 Å². The zero-order valence-corrected chi connectivity index (χ0v) is 32.8. The van der Waals surface area contributed by atoms with Crippen LogP contribution in [0.25, 0.3) is 0 Å². The summed E-state index contributed by atoms with van der Waals surface area (Å²) in [7, 11) is -4.12. The molecule has 3 saturated heterocycles. The van der Waals surface area contributed by atoms with Crippen molar-refractivity contribution in [2.75, 3.05) is 39.3 Å². The second-order valence-corrected chi connectivity index (χ2v) is 16.7. The zero-order chi connectivity index (χ0) is 39.5. The highest BCUT2D eigenvalue weighted by Gasteiger charge is 2.46. The van der Waals surface area contributed by atoms with Crippen LogP contribution in [0.2, 0.25) is 0 Å². The van der Waals surface area contributed by atoms with Gasteiger partial charge in [-0.2, -0.15) is 0 Å². The number of aromatic hydroxyl groups is 3. The number of nitrogens with zero attached hydrogens (tertiary/aromatic N) is 3. The molecular weight excluding hydrogens is 737 g/mol. The molecule has 6 rings (SSSR count). The highest BCUT2D eigenvalue weighted by molar-refractivity contribution is 7.48. The molecule has 3 N–H and O–H groups in total. The first kappa shape index (κ1) is 41.2. The SMILES string of the molecule is O=C(CCCCc1cccc(O)c1)N1CC(OP(=O)(OC2CN(C(=O)CCCCc3cccc(O)c3)C2)OC2CN(C(=O)CCCCc3cccc(O)c3)C2)C1. The fourth-order valence-electron chi connectivity index (χ4n) is 7.17. The van der Waals surface area contributed by atoms with Crippen LogP contribution in [0.15, 0.2) is 72.8 Å². The summed E-state index contributed by atoms with van der Waals surface area (Å²) in [5.74, 6) is 0.644. The molecule has 14 heteroatoms. The summed E-state index contributed by atoms with van der Waals surface area (Å²) in [6.45, 7) is 1.57. The van der Waals surface area contributed by atoms with Gasteiger partial charge in [-0.25, -0.2) is 4.57 Å². The minimum absolute atomic E-state index is 0.0115. The maximum absolute atomic E-state index is 14.1. The number of likely N-dealkylation sites (tertiary alicyclic amines) is 3. The number of carbonyl (C=O) groups is 3. The molecule has 302 valence electrons. The molecule has 0 aromatic heterocycles. The molecule has 0 bridgehead atoms. The number of phosphoric acid groups is 1. The summed E-state index contributed by atoms with van der Waals surface area (Å²) in [5.41, 5.74) is 3.06. The van der Waals surface area contributed by atoms with E-state index >= 15 is 0 Å². The van der Waals surface area contributed by atoms with E-state index in [0.29, 0.717) is 38.5 Å². The minimum Gasteiger partial charge on any atom is -0.508 e. The fourth-order valence-corrected chi connectivity index (χ4v) is 8.82. The first-order valence-corrected chi connectivity index (χ1v) is 21.3. The van der Waals surface area contributed by atoms with E-state index in [0.717, 1.165) is 55.2 Å². The Morgan fingerprint density at radius 2 is 0.786 bits per heavy atom. The van der Waals surface area contributed by atoms with Crippen LogP contribution >= 0.6 is 7.82 Å². The molecule has 3 aliphatic heterocycles. The molecule has 13 nitrogen and oxygen atoms in total. The van der Waals surface area contributed by atoms with Crippen molar-refractivity contribution in [3.63, 3.8) is 0 Å². The molecule has 56 heavy (non-hydrogen) atoms. The number of hydrogen-bond donors (Lipinski definition) is 3. The van der Waals surface area contributed by atoms with Crippen molar-refractivity contribution in [3.8, 4) is 17.2 Å². The molecule has 0 radical (unpaired) electrons. The van der Waals surface area contributed by atoms with Crippen molar-refractivity contribution in [3.05, 3.63) is 89.5 Å². The molecule has 0 unspecified atom stereocenters. The molecule has 0 atom stereocenters. The Balaban J connectivity index is 0.929. The maximum Gasteiger partial charge on any atom is 0.475 e. The number of benzene rings is 3. The summed E-state index contributed by atoms with van der Waals surface area (Å²) in [4.78, 5) is 43.5. The van der Waals surface area contributed by atoms with Crippen LogP contribution in [0.4, 0.5) is 0 Å². The van der Waals surface area contributed by atoms with Crippen LogP contribution < -0.4 is 0 Å². The third-order valence-corrected chi connectivity index (χ3v) is 12.2. The Morgan fingerprint density at radius 3 is 1.05 bits per heavy atom. The van der Waals surface area contributed by atoms with Gasteiger partial charge in [0.15, 0.2) is 0 Å². The van der Waals surface area contributed by atoms with Gasteiger partial charge in [0.25, 0.3) is 0 Å². The van der Waals surface area contributed by atoms with Crippen LogP contribution in [0.5, 0.6) is 17.2 Å². The quantitative estimate of drug-likeness (QED) is 0.0844. The Morgan fingerprint density at radius 1 is 0.500 bits per heavy atom. The standard InChI is InChI=1S/C42H54N3O10P/c46-34-16-7-13-31(22-34)10-1-4-19-40(49)43-25-37(26-43)53-56(52,54-38-27-44(28-38)41(50)20-5-2-11-32-14-8-17-35(47)23-32)55-39-29-45(30-39)42(51)21-6-3-12-33-15-9-18-36(48)24-33/h7-9,13-18,22-24,37-39,46-48H,1-6,10-12,19-21,25-30H2. The number of phenols is 3. The molecule has 3 fully saturated rings. The molecule has 3 heterocycles. The molecular formula is C42H54N3O10P. The monoisotopic (exact) mass is 791 g/mol. The lowest BCUT2D eigenvalue weighted by Crippen LogP contribution is -2.57. The summed E-state index contributed by atoms with van der Waals surface area (Å²) in [6, 6.07) is 21.3. The third-order valence-electron chi connectivity index (χ3n) is 10.5. The van der Waals surface area contributed by atoms with E-state index in [-0.39, 0.29) is 74.2 Å². The van der Waals surface area contributed by atoms with Gasteiger partial charge in [0, 0.05) is 58.5 Å². The number of amides is 3. The van der Waals surface area contributed by atoms with Crippen molar-refractivity contribution in [1.29, 1.82) is 0 Å². The second-order valence-electron chi connectivity index (χ2n) is 15.2. The zero-order valence-electron chi connectivity index (χ0n) is 31.9. The minimum atomic E-state index is -4.12. The predicted molar refractivity (Wildman–Crippen MR) is 209 cm³/mol.